The number of fused-ring (bicyclic) bond motifs is 5. The molecule has 4 aliphatic rings. The van der Waals surface area contributed by atoms with E-state index in [1.807, 2.05) is 20.8 Å². The Hall–Kier alpha value is -3.31. The first-order valence-corrected chi connectivity index (χ1v) is 20.6. The predicted octanol–water partition coefficient (Wildman–Crippen LogP) is 8.98. The van der Waals surface area contributed by atoms with Gasteiger partial charge in [0.1, 0.15) is 24.5 Å². The van der Waals surface area contributed by atoms with Crippen LogP contribution < -0.4 is 5.32 Å². The molecule has 7 unspecified atom stereocenters. The number of non-ortho nitro benzene ring substituents is 1. The smallest absolute Gasteiger partial charge is 0.329 e. The molecule has 0 spiro atoms. The molecular weight excluding hydrogens is 700 g/mol. The molecule has 55 heavy (non-hydrogen) atoms. The number of nitrogens with zero attached hydrogens (tertiary/aromatic N) is 1. The molecular formula is C44H66N2O9. The van der Waals surface area contributed by atoms with Crippen LogP contribution in [0.5, 0.6) is 0 Å². The zero-order valence-electron chi connectivity index (χ0n) is 34.7. The molecule has 3 saturated carbocycles. The molecule has 5 rings (SSSR count). The van der Waals surface area contributed by atoms with Crippen LogP contribution in [0.3, 0.4) is 0 Å². The highest BCUT2D eigenvalue weighted by atomic mass is 16.7. The number of nitro benzene ring substituents is 1. The molecule has 1 aromatic rings. The zero-order chi connectivity index (χ0) is 40.3. The quantitative estimate of drug-likeness (QED) is 0.0490. The summed E-state index contributed by atoms with van der Waals surface area (Å²) in [5.41, 5.74) is -0.682. The van der Waals surface area contributed by atoms with Gasteiger partial charge in [0.05, 0.1) is 16.9 Å². The summed E-state index contributed by atoms with van der Waals surface area (Å²) in [4.78, 5) is 50.3. The molecule has 0 saturated heterocycles. The molecule has 0 heterocycles. The maximum Gasteiger partial charge on any atom is 0.329 e. The van der Waals surface area contributed by atoms with Gasteiger partial charge in [-0.25, -0.2) is 4.79 Å². The highest BCUT2D eigenvalue weighted by molar-refractivity contribution is 5.97. The summed E-state index contributed by atoms with van der Waals surface area (Å²) >= 11 is 0. The Labute approximate surface area is 328 Å². The second-order valence-corrected chi connectivity index (χ2v) is 19.3. The lowest BCUT2D eigenvalue weighted by Gasteiger charge is -2.59. The first kappa shape index (κ1) is 42.8. The van der Waals surface area contributed by atoms with Gasteiger partial charge in [-0.1, -0.05) is 32.9 Å². The third-order valence-corrected chi connectivity index (χ3v) is 13.3. The maximum absolute atomic E-state index is 13.7. The minimum Gasteiger partial charge on any atom is -0.461 e. The van der Waals surface area contributed by atoms with E-state index in [0.717, 1.165) is 45.1 Å². The van der Waals surface area contributed by atoms with Crippen LogP contribution in [0.2, 0.25) is 0 Å². The van der Waals surface area contributed by atoms with Crippen molar-refractivity contribution in [3.63, 3.8) is 0 Å². The van der Waals surface area contributed by atoms with Crippen molar-refractivity contribution in [1.82, 2.24) is 5.32 Å². The summed E-state index contributed by atoms with van der Waals surface area (Å²) in [6.45, 7) is 19.8. The van der Waals surface area contributed by atoms with Crippen LogP contribution >= 0.6 is 0 Å². The topological polar surface area (TPSA) is 143 Å². The van der Waals surface area contributed by atoms with Crippen molar-refractivity contribution in [3.8, 4) is 0 Å². The normalized spacial score (nSPS) is 31.3. The standard InChI is InChI=1S/C44H66N2O9/c1-28(11-10-24-52-27-53-41(2,3)4)34-18-19-35-33-17-14-30-25-32(20-22-43(30,8)36(33)21-23-44(34,35)9)54-40(49)37(26-38(47)55-42(5,6)7)45-39(48)29-12-15-31(16-13-29)46(50)51/h12-13,15-16,21,23,28,30,32-37H,10-11,14,17-20,22,24-27H2,1-9H3,(H,45,48)/t28-,30?,32-,33?,34?,35?,36?,37+,43?,44?/m1/s1. The number of ether oxygens (including phenoxy) is 4. The molecule has 11 heteroatoms. The maximum atomic E-state index is 13.7. The largest absolute Gasteiger partial charge is 0.461 e. The summed E-state index contributed by atoms with van der Waals surface area (Å²) in [7, 11) is 0. The van der Waals surface area contributed by atoms with E-state index >= 15 is 0 Å². The van der Waals surface area contributed by atoms with E-state index in [0.29, 0.717) is 42.3 Å². The van der Waals surface area contributed by atoms with Gasteiger partial charge in [-0.3, -0.25) is 19.7 Å². The lowest BCUT2D eigenvalue weighted by Crippen LogP contribution is -2.53. The number of carbonyl (C=O) groups is 3. The number of carbonyl (C=O) groups excluding carboxylic acids is 3. The molecule has 0 aromatic heterocycles. The highest BCUT2D eigenvalue weighted by Gasteiger charge is 2.59. The Bertz CT molecular complexity index is 1560. The van der Waals surface area contributed by atoms with Gasteiger partial charge in [0.2, 0.25) is 0 Å². The molecule has 306 valence electrons. The second kappa shape index (κ2) is 17.0. The number of nitrogens with one attached hydrogen (secondary N) is 1. The SMILES string of the molecule is C[C@H](CCCOCOC(C)(C)C)C1CCC2C3CCC4C[C@H](OC(=O)[C@H](CC(=O)OC(C)(C)C)NC(=O)c5ccc([N+](=O)[O-])cc5)CCC4(C)C3C=CC21C. The first-order valence-electron chi connectivity index (χ1n) is 20.6. The number of esters is 2. The Morgan fingerprint density at radius 1 is 0.982 bits per heavy atom. The average molecular weight is 767 g/mol. The van der Waals surface area contributed by atoms with Gasteiger partial charge in [0.15, 0.2) is 0 Å². The Balaban J connectivity index is 1.20. The average Bonchev–Trinajstić information content (AvgIpc) is 3.45. The molecule has 1 amide bonds. The zero-order valence-corrected chi connectivity index (χ0v) is 34.7. The van der Waals surface area contributed by atoms with Gasteiger partial charge >= 0.3 is 11.9 Å². The molecule has 0 bridgehead atoms. The fourth-order valence-corrected chi connectivity index (χ4v) is 10.6. The first-order chi connectivity index (χ1) is 25.7. The van der Waals surface area contributed by atoms with Crippen molar-refractivity contribution >= 4 is 23.5 Å². The molecule has 10 atom stereocenters. The third kappa shape index (κ3) is 10.4. The van der Waals surface area contributed by atoms with Crippen molar-refractivity contribution in [3.05, 3.63) is 52.1 Å². The van der Waals surface area contributed by atoms with Gasteiger partial charge < -0.3 is 24.3 Å². The van der Waals surface area contributed by atoms with Crippen molar-refractivity contribution in [2.45, 2.75) is 150 Å². The number of nitro groups is 1. The molecule has 0 aliphatic heterocycles. The minimum absolute atomic E-state index is 0.111. The summed E-state index contributed by atoms with van der Waals surface area (Å²) in [5.74, 6) is 1.56. The van der Waals surface area contributed by atoms with E-state index in [1.165, 1.54) is 43.5 Å². The molecule has 1 N–H and O–H groups in total. The summed E-state index contributed by atoms with van der Waals surface area (Å²) in [6, 6.07) is 3.81. The van der Waals surface area contributed by atoms with E-state index in [-0.39, 0.29) is 33.8 Å². The summed E-state index contributed by atoms with van der Waals surface area (Å²) < 4.78 is 23.1. The van der Waals surface area contributed by atoms with Gasteiger partial charge in [0, 0.05) is 24.3 Å². The van der Waals surface area contributed by atoms with Crippen LogP contribution in [0.4, 0.5) is 5.69 Å². The van der Waals surface area contributed by atoms with Crippen LogP contribution in [-0.2, 0) is 28.5 Å². The molecule has 4 aliphatic carbocycles. The van der Waals surface area contributed by atoms with Crippen LogP contribution in [0.1, 0.15) is 137 Å². The van der Waals surface area contributed by atoms with Crippen LogP contribution in [0.15, 0.2) is 36.4 Å². The van der Waals surface area contributed by atoms with Gasteiger partial charge in [-0.2, -0.15) is 0 Å². The third-order valence-electron chi connectivity index (χ3n) is 13.3. The number of amides is 1. The van der Waals surface area contributed by atoms with Crippen LogP contribution in [0.25, 0.3) is 0 Å². The fourth-order valence-electron chi connectivity index (χ4n) is 10.6. The van der Waals surface area contributed by atoms with Gasteiger partial charge in [0.25, 0.3) is 11.6 Å². The Morgan fingerprint density at radius 2 is 1.69 bits per heavy atom. The Kier molecular flexibility index (Phi) is 13.3. The number of benzene rings is 1. The van der Waals surface area contributed by atoms with E-state index in [1.54, 1.807) is 20.8 Å². The van der Waals surface area contributed by atoms with E-state index in [2.05, 4.69) is 38.2 Å². The summed E-state index contributed by atoms with van der Waals surface area (Å²) in [6.07, 6.45) is 13.9. The number of hydrogen-bond acceptors (Lipinski definition) is 9. The van der Waals surface area contributed by atoms with Gasteiger partial charge in [-0.15, -0.1) is 0 Å². The van der Waals surface area contributed by atoms with Crippen molar-refractivity contribution in [2.75, 3.05) is 13.4 Å². The van der Waals surface area contributed by atoms with Crippen molar-refractivity contribution in [1.29, 1.82) is 0 Å². The second-order valence-electron chi connectivity index (χ2n) is 19.3. The van der Waals surface area contributed by atoms with Crippen LogP contribution in [-0.4, -0.2) is 59.5 Å². The Morgan fingerprint density at radius 3 is 2.35 bits per heavy atom. The minimum atomic E-state index is -1.27. The predicted molar refractivity (Wildman–Crippen MR) is 210 cm³/mol. The lowest BCUT2D eigenvalue weighted by molar-refractivity contribution is -0.384. The molecule has 11 nitrogen and oxygen atoms in total. The summed E-state index contributed by atoms with van der Waals surface area (Å²) in [5, 5.41) is 13.7. The molecule has 3 fully saturated rings. The van der Waals surface area contributed by atoms with Gasteiger partial charge in [-0.05, 0) is 158 Å². The van der Waals surface area contributed by atoms with E-state index in [9.17, 15) is 24.5 Å². The van der Waals surface area contributed by atoms with E-state index < -0.39 is 40.8 Å². The molecule has 1 aromatic carbocycles. The van der Waals surface area contributed by atoms with Crippen molar-refractivity contribution in [2.24, 2.45) is 46.3 Å². The van der Waals surface area contributed by atoms with Crippen molar-refractivity contribution < 1.29 is 38.3 Å². The highest BCUT2D eigenvalue weighted by Crippen LogP contribution is 2.66. The lowest BCUT2D eigenvalue weighted by atomic mass is 9.46. The van der Waals surface area contributed by atoms with Crippen LogP contribution in [0, 0.1) is 56.5 Å². The molecule has 0 radical (unpaired) electrons. The number of allylic oxidation sites excluding steroid dienone is 2. The van der Waals surface area contributed by atoms with E-state index in [4.69, 9.17) is 18.9 Å². The fraction of sp³-hybridized carbons (Fsp3) is 0.750. The number of hydrogen-bond donors (Lipinski definition) is 1. The number of rotatable bonds is 14. The monoisotopic (exact) mass is 766 g/mol.